The van der Waals surface area contributed by atoms with Crippen LogP contribution in [0.25, 0.3) is 0 Å². The molecule has 1 unspecified atom stereocenters. The quantitative estimate of drug-likeness (QED) is 0.672. The topological polar surface area (TPSA) is 23.8 Å². The summed E-state index contributed by atoms with van der Waals surface area (Å²) in [6.45, 7) is 2.11. The fourth-order valence-electron chi connectivity index (χ4n) is 1.87. The molecule has 0 saturated heterocycles. The Balaban J connectivity index is 2.44. The Morgan fingerprint density at radius 2 is 2.29 bits per heavy atom. The number of nitrogens with zero attached hydrogens (tertiary/aromatic N) is 1. The third kappa shape index (κ3) is 1.34. The van der Waals surface area contributed by atoms with Crippen LogP contribution in [0.15, 0.2) is 18.2 Å². The highest BCUT2D eigenvalue weighted by atomic mass is 35.5. The average molecular weight is 224 g/mol. The van der Waals surface area contributed by atoms with Gasteiger partial charge in [0.15, 0.2) is 0 Å². The molecular weight excluding hydrogens is 213 g/mol. The van der Waals surface area contributed by atoms with Gasteiger partial charge in [-0.25, -0.2) is 0 Å². The summed E-state index contributed by atoms with van der Waals surface area (Å²) < 4.78 is 0. The maximum Gasteiger partial charge on any atom is 0.0851 e. The number of hydrogen-bond donors (Lipinski definition) is 0. The van der Waals surface area contributed by atoms with Crippen molar-refractivity contribution in [2.24, 2.45) is 5.92 Å². The van der Waals surface area contributed by atoms with Gasteiger partial charge < -0.3 is 0 Å². The molecule has 72 valence electrons. The molecule has 1 aromatic rings. The van der Waals surface area contributed by atoms with Gasteiger partial charge >= 0.3 is 0 Å². The van der Waals surface area contributed by atoms with Crippen LogP contribution in [0.2, 0.25) is 5.02 Å². The number of hydrogen-bond acceptors (Lipinski definition) is 1. The van der Waals surface area contributed by atoms with E-state index in [2.05, 4.69) is 22.2 Å². The standard InChI is InChI=1S/C11H11ClNP/c1-7-5-11(7,6-13)8-2-3-9(12)10(14)4-8/h2-4,7H,5,14H2,1H3/t7-,11+/m1/s1. The van der Waals surface area contributed by atoms with E-state index in [1.54, 1.807) is 0 Å². The molecule has 0 spiro atoms. The Labute approximate surface area is 91.3 Å². The number of benzene rings is 1. The van der Waals surface area contributed by atoms with Gasteiger partial charge in [-0.1, -0.05) is 24.6 Å². The zero-order valence-electron chi connectivity index (χ0n) is 7.92. The van der Waals surface area contributed by atoms with Gasteiger partial charge in [-0.3, -0.25) is 0 Å². The van der Waals surface area contributed by atoms with Crippen molar-refractivity contribution in [2.75, 3.05) is 0 Å². The van der Waals surface area contributed by atoms with Crippen molar-refractivity contribution in [3.05, 3.63) is 28.8 Å². The molecule has 2 rings (SSSR count). The van der Waals surface area contributed by atoms with Gasteiger partial charge in [0.05, 0.1) is 11.5 Å². The summed E-state index contributed by atoms with van der Waals surface area (Å²) in [6.07, 6.45) is 0.967. The molecule has 1 aliphatic rings. The molecule has 3 heteroatoms. The zero-order chi connectivity index (χ0) is 10.3. The van der Waals surface area contributed by atoms with Crippen molar-refractivity contribution in [2.45, 2.75) is 18.8 Å². The van der Waals surface area contributed by atoms with Crippen LogP contribution in [0.1, 0.15) is 18.9 Å². The van der Waals surface area contributed by atoms with E-state index in [0.29, 0.717) is 5.92 Å². The van der Waals surface area contributed by atoms with Crippen molar-refractivity contribution in [1.82, 2.24) is 0 Å². The summed E-state index contributed by atoms with van der Waals surface area (Å²) >= 11 is 5.93. The molecule has 1 fully saturated rings. The zero-order valence-corrected chi connectivity index (χ0v) is 9.83. The largest absolute Gasteiger partial charge is 0.197 e. The van der Waals surface area contributed by atoms with Crippen LogP contribution in [0.5, 0.6) is 0 Å². The van der Waals surface area contributed by atoms with E-state index < -0.39 is 0 Å². The van der Waals surface area contributed by atoms with E-state index in [1.807, 2.05) is 18.2 Å². The molecule has 1 aromatic carbocycles. The summed E-state index contributed by atoms with van der Waals surface area (Å²) in [5.74, 6) is 0.470. The lowest BCUT2D eigenvalue weighted by molar-refractivity contribution is 0.792. The van der Waals surface area contributed by atoms with Gasteiger partial charge in [-0.15, -0.1) is 9.24 Å². The van der Waals surface area contributed by atoms with Crippen LogP contribution >= 0.6 is 20.8 Å². The Morgan fingerprint density at radius 3 is 2.71 bits per heavy atom. The number of halogens is 1. The summed E-state index contributed by atoms with van der Waals surface area (Å²) in [7, 11) is 2.60. The number of nitriles is 1. The first-order chi connectivity index (χ1) is 6.60. The van der Waals surface area contributed by atoms with E-state index in [1.165, 1.54) is 0 Å². The third-order valence-electron chi connectivity index (χ3n) is 3.02. The van der Waals surface area contributed by atoms with Gasteiger partial charge in [-0.05, 0) is 35.3 Å². The van der Waals surface area contributed by atoms with Crippen LogP contribution in [0, 0.1) is 17.2 Å². The molecule has 3 atom stereocenters. The summed E-state index contributed by atoms with van der Waals surface area (Å²) in [4.78, 5) is 0. The molecule has 0 bridgehead atoms. The van der Waals surface area contributed by atoms with E-state index in [0.717, 1.165) is 22.3 Å². The van der Waals surface area contributed by atoms with Crippen LogP contribution in [0.3, 0.4) is 0 Å². The monoisotopic (exact) mass is 223 g/mol. The molecule has 1 aliphatic carbocycles. The van der Waals surface area contributed by atoms with Crippen molar-refractivity contribution < 1.29 is 0 Å². The SMILES string of the molecule is C[C@@H]1C[C@@]1(C#N)c1ccc(Cl)c(P)c1. The van der Waals surface area contributed by atoms with Crippen molar-refractivity contribution in [1.29, 1.82) is 5.26 Å². The summed E-state index contributed by atoms with van der Waals surface area (Å²) in [5.41, 5.74) is 0.859. The first kappa shape index (κ1) is 9.97. The third-order valence-corrected chi connectivity index (χ3v) is 4.02. The second kappa shape index (κ2) is 3.23. The summed E-state index contributed by atoms with van der Waals surface area (Å²) in [5, 5.41) is 10.9. The van der Waals surface area contributed by atoms with Gasteiger partial charge in [0.2, 0.25) is 0 Å². The maximum atomic E-state index is 9.15. The van der Waals surface area contributed by atoms with Crippen LogP contribution in [0.4, 0.5) is 0 Å². The van der Waals surface area contributed by atoms with E-state index in [-0.39, 0.29) is 5.41 Å². The van der Waals surface area contributed by atoms with E-state index >= 15 is 0 Å². The molecule has 14 heavy (non-hydrogen) atoms. The maximum absolute atomic E-state index is 9.15. The van der Waals surface area contributed by atoms with Crippen molar-refractivity contribution in [3.63, 3.8) is 0 Å². The lowest BCUT2D eigenvalue weighted by Gasteiger charge is -2.09. The molecule has 1 saturated carbocycles. The molecule has 1 nitrogen and oxygen atoms in total. The Kier molecular flexibility index (Phi) is 2.30. The van der Waals surface area contributed by atoms with Crippen LogP contribution in [-0.4, -0.2) is 0 Å². The highest BCUT2D eigenvalue weighted by Crippen LogP contribution is 2.53. The Bertz CT molecular complexity index is 424. The minimum absolute atomic E-state index is 0.240. The first-order valence-corrected chi connectivity index (χ1v) is 5.52. The predicted octanol–water partition coefficient (Wildman–Crippen LogP) is 2.64. The summed E-state index contributed by atoms with van der Waals surface area (Å²) in [6, 6.07) is 8.24. The van der Waals surface area contributed by atoms with Gasteiger partial charge in [0.1, 0.15) is 0 Å². The fraction of sp³-hybridized carbons (Fsp3) is 0.364. The molecule has 0 heterocycles. The Hall–Kier alpha value is -0.570. The van der Waals surface area contributed by atoms with Gasteiger partial charge in [0, 0.05) is 5.02 Å². The highest BCUT2D eigenvalue weighted by Gasteiger charge is 2.53. The lowest BCUT2D eigenvalue weighted by Crippen LogP contribution is -2.08. The minimum atomic E-state index is -0.240. The molecule has 0 radical (unpaired) electrons. The predicted molar refractivity (Wildman–Crippen MR) is 61.9 cm³/mol. The molecule has 0 amide bonds. The van der Waals surface area contributed by atoms with Crippen molar-refractivity contribution in [3.8, 4) is 6.07 Å². The molecular formula is C11H11ClNP. The van der Waals surface area contributed by atoms with Crippen molar-refractivity contribution >= 4 is 26.1 Å². The average Bonchev–Trinajstić information content (AvgIpc) is 2.83. The van der Waals surface area contributed by atoms with E-state index in [9.17, 15) is 0 Å². The Morgan fingerprint density at radius 1 is 1.64 bits per heavy atom. The lowest BCUT2D eigenvalue weighted by atomic mass is 9.95. The van der Waals surface area contributed by atoms with Crippen LogP contribution in [-0.2, 0) is 5.41 Å². The fourth-order valence-corrected chi connectivity index (χ4v) is 2.26. The minimum Gasteiger partial charge on any atom is -0.197 e. The smallest absolute Gasteiger partial charge is 0.0851 e. The first-order valence-electron chi connectivity index (χ1n) is 4.57. The number of rotatable bonds is 1. The van der Waals surface area contributed by atoms with Crippen LogP contribution < -0.4 is 5.30 Å². The van der Waals surface area contributed by atoms with Gasteiger partial charge in [-0.2, -0.15) is 5.26 Å². The second-order valence-electron chi connectivity index (χ2n) is 3.92. The second-order valence-corrected chi connectivity index (χ2v) is 4.95. The van der Waals surface area contributed by atoms with Gasteiger partial charge in [0.25, 0.3) is 0 Å². The molecule has 0 aromatic heterocycles. The van der Waals surface area contributed by atoms with E-state index in [4.69, 9.17) is 16.9 Å². The highest BCUT2D eigenvalue weighted by molar-refractivity contribution is 7.28. The molecule has 0 aliphatic heterocycles. The normalized spacial score (nSPS) is 29.7. The molecule has 0 N–H and O–H groups in total.